The molecule has 0 radical (unpaired) electrons. The molecule has 5 rings (SSSR count). The second-order valence-electron chi connectivity index (χ2n) is 8.13. The molecule has 0 bridgehead atoms. The third-order valence-corrected chi connectivity index (χ3v) is 6.50. The molecule has 1 aliphatic heterocycles. The molecule has 1 aromatic carbocycles. The summed E-state index contributed by atoms with van der Waals surface area (Å²) in [5.41, 5.74) is 8.75. The molecule has 0 aliphatic carbocycles. The van der Waals surface area contributed by atoms with Crippen molar-refractivity contribution in [3.63, 3.8) is 0 Å². The van der Waals surface area contributed by atoms with E-state index in [-0.39, 0.29) is 16.5 Å². The predicted octanol–water partition coefficient (Wildman–Crippen LogP) is 4.22. The van der Waals surface area contributed by atoms with E-state index >= 15 is 0 Å². The molecule has 1 fully saturated rings. The van der Waals surface area contributed by atoms with Crippen LogP contribution in [0.15, 0.2) is 49.2 Å². The zero-order valence-electron chi connectivity index (χ0n) is 18.2. The van der Waals surface area contributed by atoms with Crippen molar-refractivity contribution in [2.45, 2.75) is 25.8 Å². The van der Waals surface area contributed by atoms with Crippen LogP contribution >= 0.6 is 11.6 Å². The Bertz CT molecular complexity index is 1280. The Balaban J connectivity index is 1.47. The van der Waals surface area contributed by atoms with Crippen molar-refractivity contribution in [1.82, 2.24) is 34.4 Å². The fraction of sp³-hybridized carbons (Fsp3) is 0.304. The maximum atomic E-state index is 14.7. The van der Waals surface area contributed by atoms with Crippen LogP contribution in [-0.4, -0.2) is 54.1 Å². The lowest BCUT2D eigenvalue weighted by Crippen LogP contribution is -2.34. The number of nitrogen functional groups attached to an aromatic ring is 1. The minimum absolute atomic E-state index is 0.0178. The van der Waals surface area contributed by atoms with Gasteiger partial charge in [0.05, 0.1) is 28.5 Å². The highest BCUT2D eigenvalue weighted by molar-refractivity contribution is 6.30. The Morgan fingerprint density at radius 1 is 1.18 bits per heavy atom. The van der Waals surface area contributed by atoms with Gasteiger partial charge < -0.3 is 10.6 Å². The number of nitrogens with zero attached hydrogens (tertiary/aromatic N) is 7. The maximum Gasteiger partial charge on any atom is 0.172 e. The van der Waals surface area contributed by atoms with Gasteiger partial charge in [-0.1, -0.05) is 24.6 Å². The van der Waals surface area contributed by atoms with Crippen LogP contribution in [-0.2, 0) is 0 Å². The van der Waals surface area contributed by atoms with Gasteiger partial charge in [0.15, 0.2) is 11.6 Å². The highest BCUT2D eigenvalue weighted by atomic mass is 35.5. The van der Waals surface area contributed by atoms with E-state index in [0.717, 1.165) is 43.6 Å². The third-order valence-electron chi connectivity index (χ3n) is 6.21. The summed E-state index contributed by atoms with van der Waals surface area (Å²) < 4.78 is 18.2. The summed E-state index contributed by atoms with van der Waals surface area (Å²) in [5.74, 6) is 0.0930. The molecule has 4 aromatic rings. The summed E-state index contributed by atoms with van der Waals surface area (Å²) >= 11 is 5.97. The summed E-state index contributed by atoms with van der Waals surface area (Å²) in [7, 11) is 0. The second-order valence-corrected chi connectivity index (χ2v) is 8.54. The molecule has 1 saturated heterocycles. The summed E-state index contributed by atoms with van der Waals surface area (Å²) in [4.78, 5) is 6.82. The van der Waals surface area contributed by atoms with Crippen LogP contribution in [0.5, 0.6) is 0 Å². The molecule has 2 N–H and O–H groups in total. The molecule has 33 heavy (non-hydrogen) atoms. The first kappa shape index (κ1) is 21.5. The molecule has 0 saturated carbocycles. The number of anilines is 1. The van der Waals surface area contributed by atoms with Crippen molar-refractivity contribution >= 4 is 17.4 Å². The van der Waals surface area contributed by atoms with Crippen molar-refractivity contribution in [1.29, 1.82) is 0 Å². The van der Waals surface area contributed by atoms with Gasteiger partial charge in [-0.05, 0) is 37.6 Å². The lowest BCUT2D eigenvalue weighted by atomic mass is 10.1. The van der Waals surface area contributed by atoms with E-state index in [2.05, 4.69) is 32.1 Å². The van der Waals surface area contributed by atoms with Crippen LogP contribution in [0, 0.1) is 5.82 Å². The van der Waals surface area contributed by atoms with Gasteiger partial charge in [-0.15, -0.1) is 10.2 Å². The zero-order valence-corrected chi connectivity index (χ0v) is 19.0. The Labute approximate surface area is 195 Å². The lowest BCUT2D eigenvalue weighted by molar-refractivity contribution is 0.187. The standard InChI is InChI=1S/C23H24ClFN8/c1-2-31-8-6-17(7-9-31)33-13-16(12-29-33)15-10-18(22(26)27-11-15)23-30-28-14-32(23)20-5-3-4-19(24)21(20)25/h3-5,10-14,17H,2,6-9H2,1H3,(H2,26,27). The number of benzene rings is 1. The van der Waals surface area contributed by atoms with Gasteiger partial charge in [-0.25, -0.2) is 9.37 Å². The maximum absolute atomic E-state index is 14.7. The van der Waals surface area contributed by atoms with Crippen LogP contribution in [0.25, 0.3) is 28.2 Å². The highest BCUT2D eigenvalue weighted by Gasteiger charge is 2.21. The normalized spacial score (nSPS) is 15.2. The first-order valence-corrected chi connectivity index (χ1v) is 11.3. The molecule has 170 valence electrons. The summed E-state index contributed by atoms with van der Waals surface area (Å²) in [6.07, 6.45) is 9.18. The summed E-state index contributed by atoms with van der Waals surface area (Å²) in [6.45, 7) is 5.44. The summed E-state index contributed by atoms with van der Waals surface area (Å²) in [6, 6.07) is 7.03. The SMILES string of the molecule is CCN1CCC(n2cc(-c3cnc(N)c(-c4nncn4-c4cccc(Cl)c4F)c3)cn2)CC1. The van der Waals surface area contributed by atoms with Crippen LogP contribution in [0.4, 0.5) is 10.2 Å². The number of rotatable bonds is 5. The topological polar surface area (TPSA) is 90.7 Å². The fourth-order valence-corrected chi connectivity index (χ4v) is 4.44. The van der Waals surface area contributed by atoms with E-state index in [1.165, 1.54) is 17.0 Å². The van der Waals surface area contributed by atoms with Crippen molar-refractivity contribution in [3.05, 3.63) is 60.0 Å². The number of piperidine rings is 1. The van der Waals surface area contributed by atoms with E-state index < -0.39 is 5.82 Å². The van der Waals surface area contributed by atoms with Gasteiger partial charge in [0.2, 0.25) is 0 Å². The van der Waals surface area contributed by atoms with Crippen molar-refractivity contribution in [3.8, 4) is 28.2 Å². The lowest BCUT2D eigenvalue weighted by Gasteiger charge is -2.31. The number of pyridine rings is 1. The fourth-order valence-electron chi connectivity index (χ4n) is 4.27. The quantitative estimate of drug-likeness (QED) is 0.473. The number of aromatic nitrogens is 6. The van der Waals surface area contributed by atoms with Crippen LogP contribution in [0.2, 0.25) is 5.02 Å². The Kier molecular flexibility index (Phi) is 5.82. The van der Waals surface area contributed by atoms with E-state index in [0.29, 0.717) is 17.4 Å². The van der Waals surface area contributed by atoms with Crippen molar-refractivity contribution in [2.24, 2.45) is 0 Å². The minimum Gasteiger partial charge on any atom is -0.383 e. The van der Waals surface area contributed by atoms with Gasteiger partial charge in [0, 0.05) is 36.6 Å². The second kappa shape index (κ2) is 8.92. The van der Waals surface area contributed by atoms with E-state index in [1.807, 2.05) is 23.1 Å². The monoisotopic (exact) mass is 466 g/mol. The first-order valence-electron chi connectivity index (χ1n) is 10.9. The van der Waals surface area contributed by atoms with Gasteiger partial charge in [0.25, 0.3) is 0 Å². The van der Waals surface area contributed by atoms with Crippen LogP contribution in [0.3, 0.4) is 0 Å². The smallest absolute Gasteiger partial charge is 0.172 e. The average molecular weight is 467 g/mol. The first-order chi connectivity index (χ1) is 16.0. The van der Waals surface area contributed by atoms with E-state index in [9.17, 15) is 4.39 Å². The molecular weight excluding hydrogens is 443 g/mol. The third kappa shape index (κ3) is 4.09. The summed E-state index contributed by atoms with van der Waals surface area (Å²) in [5, 5.41) is 12.8. The van der Waals surface area contributed by atoms with Gasteiger partial charge >= 0.3 is 0 Å². The number of nitrogens with two attached hydrogens (primary N) is 1. The number of halogens is 2. The Hall–Kier alpha value is -3.30. The van der Waals surface area contributed by atoms with Gasteiger partial charge in [0.1, 0.15) is 12.1 Å². The molecule has 0 unspecified atom stereocenters. The molecule has 3 aromatic heterocycles. The predicted molar refractivity (Wildman–Crippen MR) is 126 cm³/mol. The van der Waals surface area contributed by atoms with Crippen LogP contribution in [0.1, 0.15) is 25.8 Å². The minimum atomic E-state index is -0.557. The molecular formula is C23H24ClFN8. The van der Waals surface area contributed by atoms with Crippen molar-refractivity contribution < 1.29 is 4.39 Å². The van der Waals surface area contributed by atoms with Gasteiger partial charge in [-0.3, -0.25) is 9.25 Å². The Morgan fingerprint density at radius 2 is 2.00 bits per heavy atom. The molecule has 1 aliphatic rings. The van der Waals surface area contributed by atoms with Crippen LogP contribution < -0.4 is 5.73 Å². The molecule has 8 nitrogen and oxygen atoms in total. The molecule has 0 atom stereocenters. The van der Waals surface area contributed by atoms with Crippen molar-refractivity contribution in [2.75, 3.05) is 25.4 Å². The highest BCUT2D eigenvalue weighted by Crippen LogP contribution is 2.32. The number of hydrogen-bond acceptors (Lipinski definition) is 6. The number of hydrogen-bond donors (Lipinski definition) is 1. The molecule has 4 heterocycles. The Morgan fingerprint density at radius 3 is 2.79 bits per heavy atom. The largest absolute Gasteiger partial charge is 0.383 e. The average Bonchev–Trinajstić information content (AvgIpc) is 3.52. The van der Waals surface area contributed by atoms with Gasteiger partial charge in [-0.2, -0.15) is 5.10 Å². The van der Waals surface area contributed by atoms with E-state index in [4.69, 9.17) is 17.3 Å². The zero-order chi connectivity index (χ0) is 22.9. The number of likely N-dealkylation sites (tertiary alicyclic amines) is 1. The van der Waals surface area contributed by atoms with E-state index in [1.54, 1.807) is 18.3 Å². The molecule has 0 amide bonds. The molecule has 10 heteroatoms. The molecule has 0 spiro atoms.